The number of hydrogen-bond acceptors (Lipinski definition) is 4. The highest BCUT2D eigenvalue weighted by Crippen LogP contribution is 2.34. The lowest BCUT2D eigenvalue weighted by atomic mass is 10.1. The van der Waals surface area contributed by atoms with Crippen LogP contribution in [0.2, 0.25) is 0 Å². The van der Waals surface area contributed by atoms with Gasteiger partial charge in [-0.3, -0.25) is 4.79 Å². The fraction of sp³-hybridized carbons (Fsp3) is 0.267. The van der Waals surface area contributed by atoms with Gasteiger partial charge in [-0.05, 0) is 32.6 Å². The molecule has 1 amide bonds. The third kappa shape index (κ3) is 3.12. The SMILES string of the molecule is COc1cc(C(=O)NCc2ccc3c(c2)CNC3)sc1Br. The van der Waals surface area contributed by atoms with Crippen LogP contribution in [0, 0.1) is 0 Å². The quantitative estimate of drug-likeness (QED) is 0.874. The number of amides is 1. The highest BCUT2D eigenvalue weighted by Gasteiger charge is 2.14. The topological polar surface area (TPSA) is 50.4 Å². The van der Waals surface area contributed by atoms with Gasteiger partial charge in [-0.25, -0.2) is 0 Å². The molecular weight excluding hydrogens is 352 g/mol. The minimum absolute atomic E-state index is 0.0809. The van der Waals surface area contributed by atoms with Gasteiger partial charge in [0.15, 0.2) is 0 Å². The van der Waals surface area contributed by atoms with Crippen LogP contribution in [-0.2, 0) is 19.6 Å². The lowest BCUT2D eigenvalue weighted by molar-refractivity contribution is 0.0954. The van der Waals surface area contributed by atoms with E-state index in [-0.39, 0.29) is 5.91 Å². The highest BCUT2D eigenvalue weighted by atomic mass is 79.9. The summed E-state index contributed by atoms with van der Waals surface area (Å²) in [5.41, 5.74) is 3.78. The molecule has 1 aromatic heterocycles. The number of halogens is 1. The first-order chi connectivity index (χ1) is 10.2. The third-order valence-electron chi connectivity index (χ3n) is 3.45. The molecular formula is C15H15BrN2O2S. The molecule has 2 aromatic rings. The van der Waals surface area contributed by atoms with E-state index in [0.717, 1.165) is 22.4 Å². The molecule has 0 radical (unpaired) electrons. The molecule has 0 saturated carbocycles. The third-order valence-corrected chi connectivity index (χ3v) is 5.23. The number of carbonyl (C=O) groups is 1. The molecule has 0 unspecified atom stereocenters. The molecule has 3 rings (SSSR count). The Morgan fingerprint density at radius 3 is 2.95 bits per heavy atom. The number of ether oxygens (including phenoxy) is 1. The molecule has 1 aromatic carbocycles. The molecule has 2 heterocycles. The Bertz CT molecular complexity index is 684. The van der Waals surface area contributed by atoms with Gasteiger partial charge in [-0.15, -0.1) is 11.3 Å². The van der Waals surface area contributed by atoms with Crippen LogP contribution in [0.15, 0.2) is 28.1 Å². The summed E-state index contributed by atoms with van der Waals surface area (Å²) in [5, 5.41) is 6.26. The van der Waals surface area contributed by atoms with Gasteiger partial charge in [0.05, 0.1) is 12.0 Å². The lowest BCUT2D eigenvalue weighted by Gasteiger charge is -2.06. The van der Waals surface area contributed by atoms with Crippen molar-refractivity contribution < 1.29 is 9.53 Å². The van der Waals surface area contributed by atoms with Crippen LogP contribution < -0.4 is 15.4 Å². The first-order valence-electron chi connectivity index (χ1n) is 6.60. The zero-order valence-electron chi connectivity index (χ0n) is 11.5. The summed E-state index contributed by atoms with van der Waals surface area (Å²) in [6.45, 7) is 2.38. The Morgan fingerprint density at radius 2 is 2.19 bits per heavy atom. The van der Waals surface area contributed by atoms with E-state index < -0.39 is 0 Å². The molecule has 21 heavy (non-hydrogen) atoms. The first kappa shape index (κ1) is 14.6. The fourth-order valence-corrected chi connectivity index (χ4v) is 3.90. The molecule has 0 bridgehead atoms. The zero-order valence-corrected chi connectivity index (χ0v) is 13.9. The van der Waals surface area contributed by atoms with Crippen LogP contribution in [0.1, 0.15) is 26.4 Å². The molecule has 4 nitrogen and oxygen atoms in total. The summed E-state index contributed by atoms with van der Waals surface area (Å²) < 4.78 is 6.00. The number of carbonyl (C=O) groups excluding carboxylic acids is 1. The molecule has 0 saturated heterocycles. The van der Waals surface area contributed by atoms with Crippen molar-refractivity contribution in [1.82, 2.24) is 10.6 Å². The second kappa shape index (κ2) is 6.17. The van der Waals surface area contributed by atoms with E-state index in [2.05, 4.69) is 44.8 Å². The Hall–Kier alpha value is -1.37. The molecule has 2 N–H and O–H groups in total. The normalized spacial score (nSPS) is 13.0. The number of methoxy groups -OCH3 is 1. The van der Waals surface area contributed by atoms with E-state index in [0.29, 0.717) is 17.2 Å². The lowest BCUT2D eigenvalue weighted by Crippen LogP contribution is -2.21. The summed E-state index contributed by atoms with van der Waals surface area (Å²) in [5.74, 6) is 0.608. The van der Waals surface area contributed by atoms with Crippen LogP contribution in [0.4, 0.5) is 0 Å². The molecule has 1 aliphatic rings. The number of thiophene rings is 1. The highest BCUT2D eigenvalue weighted by molar-refractivity contribution is 9.11. The standard InChI is InChI=1S/C15H15BrN2O2S/c1-20-12-5-13(21-14(12)16)15(19)18-6-9-2-3-10-7-17-8-11(10)4-9/h2-5,17H,6-8H2,1H3,(H,18,19). The van der Waals surface area contributed by atoms with Gasteiger partial charge in [0.1, 0.15) is 9.54 Å². The fourth-order valence-electron chi connectivity index (χ4n) is 2.33. The van der Waals surface area contributed by atoms with Gasteiger partial charge in [-0.1, -0.05) is 18.2 Å². The summed E-state index contributed by atoms with van der Waals surface area (Å²) in [6, 6.07) is 8.09. The Kier molecular flexibility index (Phi) is 4.28. The van der Waals surface area contributed by atoms with Crippen molar-refractivity contribution in [3.05, 3.63) is 49.6 Å². The molecule has 0 atom stereocenters. The molecule has 110 valence electrons. The molecule has 6 heteroatoms. The van der Waals surface area contributed by atoms with Crippen LogP contribution in [-0.4, -0.2) is 13.0 Å². The van der Waals surface area contributed by atoms with Crippen molar-refractivity contribution in [2.75, 3.05) is 7.11 Å². The summed E-state index contributed by atoms with van der Waals surface area (Å²) in [6.07, 6.45) is 0. The van der Waals surface area contributed by atoms with Crippen LogP contribution in [0.5, 0.6) is 5.75 Å². The van der Waals surface area contributed by atoms with Crippen molar-refractivity contribution in [2.24, 2.45) is 0 Å². The summed E-state index contributed by atoms with van der Waals surface area (Å²) in [7, 11) is 1.59. The van der Waals surface area contributed by atoms with E-state index in [1.165, 1.54) is 22.5 Å². The van der Waals surface area contributed by atoms with E-state index in [9.17, 15) is 4.79 Å². The Labute approximate surface area is 135 Å². The Morgan fingerprint density at radius 1 is 1.38 bits per heavy atom. The predicted molar refractivity (Wildman–Crippen MR) is 86.7 cm³/mol. The number of hydrogen-bond donors (Lipinski definition) is 2. The monoisotopic (exact) mass is 366 g/mol. The van der Waals surface area contributed by atoms with Crippen molar-refractivity contribution in [3.63, 3.8) is 0 Å². The smallest absolute Gasteiger partial charge is 0.261 e. The maximum Gasteiger partial charge on any atom is 0.261 e. The van der Waals surface area contributed by atoms with Gasteiger partial charge in [-0.2, -0.15) is 0 Å². The molecule has 1 aliphatic heterocycles. The Balaban J connectivity index is 1.65. The largest absolute Gasteiger partial charge is 0.495 e. The van der Waals surface area contributed by atoms with Crippen molar-refractivity contribution in [3.8, 4) is 5.75 Å². The van der Waals surface area contributed by atoms with Crippen LogP contribution >= 0.6 is 27.3 Å². The number of rotatable bonds is 4. The van der Waals surface area contributed by atoms with E-state index >= 15 is 0 Å². The van der Waals surface area contributed by atoms with Crippen LogP contribution in [0.3, 0.4) is 0 Å². The maximum absolute atomic E-state index is 12.1. The van der Waals surface area contributed by atoms with Crippen LogP contribution in [0.25, 0.3) is 0 Å². The summed E-state index contributed by atoms with van der Waals surface area (Å²) >= 11 is 4.75. The zero-order chi connectivity index (χ0) is 14.8. The number of benzene rings is 1. The summed E-state index contributed by atoms with van der Waals surface area (Å²) in [4.78, 5) is 12.8. The number of nitrogens with one attached hydrogen (secondary N) is 2. The molecule has 0 aliphatic carbocycles. The van der Waals surface area contributed by atoms with E-state index in [1.54, 1.807) is 13.2 Å². The van der Waals surface area contributed by atoms with Crippen molar-refractivity contribution in [2.45, 2.75) is 19.6 Å². The molecule has 0 spiro atoms. The minimum Gasteiger partial charge on any atom is -0.495 e. The first-order valence-corrected chi connectivity index (χ1v) is 8.21. The predicted octanol–water partition coefficient (Wildman–Crippen LogP) is 3.05. The van der Waals surface area contributed by atoms with Gasteiger partial charge in [0.2, 0.25) is 0 Å². The van der Waals surface area contributed by atoms with E-state index in [1.807, 2.05) is 0 Å². The van der Waals surface area contributed by atoms with Gasteiger partial charge >= 0.3 is 0 Å². The van der Waals surface area contributed by atoms with Crippen molar-refractivity contribution >= 4 is 33.2 Å². The average Bonchev–Trinajstić information content (AvgIpc) is 3.10. The van der Waals surface area contributed by atoms with Gasteiger partial charge in [0.25, 0.3) is 5.91 Å². The second-order valence-corrected chi connectivity index (χ2v) is 7.21. The van der Waals surface area contributed by atoms with Gasteiger partial charge < -0.3 is 15.4 Å². The number of fused-ring (bicyclic) bond motifs is 1. The average molecular weight is 367 g/mol. The minimum atomic E-state index is -0.0809. The van der Waals surface area contributed by atoms with Gasteiger partial charge in [0, 0.05) is 25.7 Å². The maximum atomic E-state index is 12.1. The molecule has 0 fully saturated rings. The van der Waals surface area contributed by atoms with Crippen molar-refractivity contribution in [1.29, 1.82) is 0 Å². The van der Waals surface area contributed by atoms with E-state index in [4.69, 9.17) is 4.74 Å². The second-order valence-electron chi connectivity index (χ2n) is 4.84.